The molecular formula is C12H16FNO3S. The smallest absolute Gasteiger partial charge is 0.153 e. The number of rotatable bonds is 2. The van der Waals surface area contributed by atoms with Crippen LogP contribution in [0.25, 0.3) is 0 Å². The average Bonchev–Trinajstić information content (AvgIpc) is 2.29. The molecule has 0 bridgehead atoms. The van der Waals surface area contributed by atoms with Gasteiger partial charge in [-0.1, -0.05) is 6.07 Å². The Hall–Kier alpha value is -1.14. The van der Waals surface area contributed by atoms with Crippen molar-refractivity contribution in [3.8, 4) is 0 Å². The van der Waals surface area contributed by atoms with Gasteiger partial charge in [-0.05, 0) is 24.6 Å². The average molecular weight is 273 g/mol. The summed E-state index contributed by atoms with van der Waals surface area (Å²) in [6.45, 7) is 2.20. The van der Waals surface area contributed by atoms with E-state index in [1.165, 1.54) is 6.07 Å². The van der Waals surface area contributed by atoms with Gasteiger partial charge in [-0.2, -0.15) is 0 Å². The van der Waals surface area contributed by atoms with Crippen LogP contribution in [-0.4, -0.2) is 38.1 Å². The first kappa shape index (κ1) is 13.3. The highest BCUT2D eigenvalue weighted by atomic mass is 32.2. The van der Waals surface area contributed by atoms with E-state index in [9.17, 15) is 17.9 Å². The molecule has 0 saturated carbocycles. The molecule has 18 heavy (non-hydrogen) atoms. The molecule has 4 nitrogen and oxygen atoms in total. The number of aliphatic hydroxyl groups is 1. The fourth-order valence-electron chi connectivity index (χ4n) is 1.99. The maximum Gasteiger partial charge on any atom is 0.153 e. The predicted octanol–water partition coefficient (Wildman–Crippen LogP) is 1.11. The number of anilines is 1. The van der Waals surface area contributed by atoms with Crippen LogP contribution in [0.4, 0.5) is 10.1 Å². The SMILES string of the molecule is C[C@@H](O)c1ccc(N2CCS(=O)(=O)CC2)c(F)c1. The maximum absolute atomic E-state index is 13.9. The van der Waals surface area contributed by atoms with Gasteiger partial charge in [0.2, 0.25) is 0 Å². The van der Waals surface area contributed by atoms with Crippen molar-refractivity contribution in [1.82, 2.24) is 0 Å². The molecule has 100 valence electrons. The number of aliphatic hydroxyl groups excluding tert-OH is 1. The van der Waals surface area contributed by atoms with Gasteiger partial charge in [0.05, 0.1) is 23.3 Å². The Morgan fingerprint density at radius 1 is 1.33 bits per heavy atom. The number of halogens is 1. The summed E-state index contributed by atoms with van der Waals surface area (Å²) in [6.07, 6.45) is -0.713. The van der Waals surface area contributed by atoms with Crippen LogP contribution in [0, 0.1) is 5.82 Å². The Labute approximate surface area is 106 Å². The van der Waals surface area contributed by atoms with Gasteiger partial charge in [-0.25, -0.2) is 12.8 Å². The molecule has 0 radical (unpaired) electrons. The van der Waals surface area contributed by atoms with E-state index in [1.807, 2.05) is 0 Å². The zero-order chi connectivity index (χ0) is 13.3. The summed E-state index contributed by atoms with van der Waals surface area (Å²) in [6, 6.07) is 4.55. The number of nitrogens with zero attached hydrogens (tertiary/aromatic N) is 1. The molecule has 1 aliphatic rings. The van der Waals surface area contributed by atoms with Crippen LogP contribution < -0.4 is 4.90 Å². The van der Waals surface area contributed by atoms with Crippen molar-refractivity contribution < 1.29 is 17.9 Å². The van der Waals surface area contributed by atoms with Gasteiger partial charge in [0.15, 0.2) is 9.84 Å². The molecule has 1 N–H and O–H groups in total. The van der Waals surface area contributed by atoms with Gasteiger partial charge in [0.25, 0.3) is 0 Å². The zero-order valence-corrected chi connectivity index (χ0v) is 11.0. The first-order chi connectivity index (χ1) is 8.39. The Bertz CT molecular complexity index is 528. The fourth-order valence-corrected chi connectivity index (χ4v) is 3.19. The number of hydrogen-bond donors (Lipinski definition) is 1. The van der Waals surface area contributed by atoms with E-state index < -0.39 is 21.8 Å². The molecule has 1 atom stereocenters. The lowest BCUT2D eigenvalue weighted by atomic mass is 10.1. The second-order valence-corrected chi connectivity index (χ2v) is 6.83. The monoisotopic (exact) mass is 273 g/mol. The third-order valence-corrected chi connectivity index (χ3v) is 4.75. The maximum atomic E-state index is 13.9. The molecule has 0 aliphatic carbocycles. The lowest BCUT2D eigenvalue weighted by Crippen LogP contribution is -2.40. The van der Waals surface area contributed by atoms with Crippen LogP contribution in [0.5, 0.6) is 0 Å². The molecule has 6 heteroatoms. The van der Waals surface area contributed by atoms with Crippen LogP contribution in [0.1, 0.15) is 18.6 Å². The van der Waals surface area contributed by atoms with Crippen molar-refractivity contribution in [2.45, 2.75) is 13.0 Å². The van der Waals surface area contributed by atoms with Crippen molar-refractivity contribution in [3.63, 3.8) is 0 Å². The molecule has 0 amide bonds. The van der Waals surface area contributed by atoms with Crippen LogP contribution in [0.15, 0.2) is 18.2 Å². The van der Waals surface area contributed by atoms with E-state index in [4.69, 9.17) is 0 Å². The fraction of sp³-hybridized carbons (Fsp3) is 0.500. The van der Waals surface area contributed by atoms with Crippen molar-refractivity contribution >= 4 is 15.5 Å². The Morgan fingerprint density at radius 3 is 2.44 bits per heavy atom. The van der Waals surface area contributed by atoms with Gasteiger partial charge < -0.3 is 10.0 Å². The number of sulfone groups is 1. The summed E-state index contributed by atoms with van der Waals surface area (Å²) in [5, 5.41) is 9.36. The lowest BCUT2D eigenvalue weighted by molar-refractivity contribution is 0.199. The van der Waals surface area contributed by atoms with Gasteiger partial charge in [-0.3, -0.25) is 0 Å². The standard InChI is InChI=1S/C12H16FNO3S/c1-9(15)10-2-3-12(11(13)8-10)14-4-6-18(16,17)7-5-14/h2-3,8-9,15H,4-7H2,1H3/t9-/m1/s1. The molecule has 0 unspecified atom stereocenters. The van der Waals surface area contributed by atoms with Gasteiger partial charge >= 0.3 is 0 Å². The first-order valence-electron chi connectivity index (χ1n) is 5.82. The van der Waals surface area contributed by atoms with Crippen molar-refractivity contribution in [2.75, 3.05) is 29.5 Å². The van der Waals surface area contributed by atoms with Crippen LogP contribution in [-0.2, 0) is 9.84 Å². The van der Waals surface area contributed by atoms with E-state index in [0.717, 1.165) is 0 Å². The summed E-state index contributed by atoms with van der Waals surface area (Å²) >= 11 is 0. The van der Waals surface area contributed by atoms with Gasteiger partial charge in [0, 0.05) is 13.1 Å². The van der Waals surface area contributed by atoms with Crippen LogP contribution in [0.3, 0.4) is 0 Å². The van der Waals surface area contributed by atoms with E-state index in [0.29, 0.717) is 24.3 Å². The highest BCUT2D eigenvalue weighted by Gasteiger charge is 2.23. The number of benzene rings is 1. The summed E-state index contributed by atoms with van der Waals surface area (Å²) < 4.78 is 36.5. The first-order valence-corrected chi connectivity index (χ1v) is 7.64. The molecule has 1 saturated heterocycles. The summed E-state index contributed by atoms with van der Waals surface area (Å²) in [5.41, 5.74) is 0.912. The quantitative estimate of drug-likeness (QED) is 0.877. The van der Waals surface area contributed by atoms with Crippen molar-refractivity contribution in [1.29, 1.82) is 0 Å². The van der Waals surface area contributed by atoms with E-state index in [-0.39, 0.29) is 11.5 Å². The molecule has 1 heterocycles. The van der Waals surface area contributed by atoms with Crippen LogP contribution >= 0.6 is 0 Å². The topological polar surface area (TPSA) is 57.6 Å². The molecule has 1 aromatic rings. The minimum atomic E-state index is -2.96. The third kappa shape index (κ3) is 2.81. The Morgan fingerprint density at radius 2 is 1.94 bits per heavy atom. The van der Waals surface area contributed by atoms with Gasteiger partial charge in [-0.15, -0.1) is 0 Å². The zero-order valence-electron chi connectivity index (χ0n) is 10.1. The van der Waals surface area contributed by atoms with Crippen molar-refractivity contribution in [2.24, 2.45) is 0 Å². The highest BCUT2D eigenvalue weighted by Crippen LogP contribution is 2.24. The molecule has 1 aromatic carbocycles. The van der Waals surface area contributed by atoms with Crippen molar-refractivity contribution in [3.05, 3.63) is 29.6 Å². The minimum absolute atomic E-state index is 0.0601. The molecule has 1 fully saturated rings. The minimum Gasteiger partial charge on any atom is -0.389 e. The van der Waals surface area contributed by atoms with E-state index in [1.54, 1.807) is 24.0 Å². The lowest BCUT2D eigenvalue weighted by Gasteiger charge is -2.29. The van der Waals surface area contributed by atoms with E-state index in [2.05, 4.69) is 0 Å². The molecule has 2 rings (SSSR count). The number of hydrogen-bond acceptors (Lipinski definition) is 4. The highest BCUT2D eigenvalue weighted by molar-refractivity contribution is 7.91. The second kappa shape index (κ2) is 4.85. The predicted molar refractivity (Wildman–Crippen MR) is 67.9 cm³/mol. The van der Waals surface area contributed by atoms with E-state index >= 15 is 0 Å². The summed E-state index contributed by atoms with van der Waals surface area (Å²) in [4.78, 5) is 1.72. The Balaban J connectivity index is 2.20. The van der Waals surface area contributed by atoms with Gasteiger partial charge in [0.1, 0.15) is 5.82 Å². The largest absolute Gasteiger partial charge is 0.389 e. The van der Waals surface area contributed by atoms with Crippen LogP contribution in [0.2, 0.25) is 0 Å². The Kier molecular flexibility index (Phi) is 3.59. The summed E-state index contributed by atoms with van der Waals surface area (Å²) in [5.74, 6) is -0.303. The summed E-state index contributed by atoms with van der Waals surface area (Å²) in [7, 11) is -2.96. The second-order valence-electron chi connectivity index (χ2n) is 4.53. The molecule has 1 aliphatic heterocycles. The molecular weight excluding hydrogens is 257 g/mol. The normalized spacial score (nSPS) is 20.7. The third-order valence-electron chi connectivity index (χ3n) is 3.14. The molecule has 0 aromatic heterocycles. The molecule has 0 spiro atoms.